The summed E-state index contributed by atoms with van der Waals surface area (Å²) in [5.74, 6) is -1.84. The lowest BCUT2D eigenvalue weighted by Crippen LogP contribution is -2.15. The van der Waals surface area contributed by atoms with Gasteiger partial charge in [-0.25, -0.2) is 0 Å². The van der Waals surface area contributed by atoms with Gasteiger partial charge in [0.25, 0.3) is 23.6 Å². The number of rotatable bonds is 7. The monoisotopic (exact) mass is 505 g/mol. The number of nitrogen functional groups attached to an aromatic ring is 1. The molecule has 0 aliphatic heterocycles. The van der Waals surface area contributed by atoms with E-state index in [0.717, 1.165) is 0 Å². The number of nitrogens with zero attached hydrogens (tertiary/aromatic N) is 4. The zero-order valence-corrected chi connectivity index (χ0v) is 20.7. The summed E-state index contributed by atoms with van der Waals surface area (Å²) in [6.07, 6.45) is 6.41. The Morgan fingerprint density at radius 3 is 1.22 bits per heavy atom. The lowest BCUT2D eigenvalue weighted by molar-refractivity contribution is 0.0987. The summed E-state index contributed by atoms with van der Waals surface area (Å²) in [7, 11) is 6.69. The SMILES string of the molecule is Cn1cc(NC(=O)c2cc(NC(=O)c3cc(NC(=O)c4cc(N)cn4C)cn3C)cn2C)cc1C(N)=O. The predicted molar refractivity (Wildman–Crippen MR) is 138 cm³/mol. The van der Waals surface area contributed by atoms with Crippen LogP contribution in [0, 0.1) is 0 Å². The number of anilines is 4. The molecule has 192 valence electrons. The highest BCUT2D eigenvalue weighted by Crippen LogP contribution is 2.20. The molecule has 0 radical (unpaired) electrons. The average Bonchev–Trinajstić information content (AvgIpc) is 3.54. The Bertz CT molecular complexity index is 1550. The van der Waals surface area contributed by atoms with Gasteiger partial charge in [-0.2, -0.15) is 0 Å². The molecule has 13 nitrogen and oxygen atoms in total. The number of hydrogen-bond acceptors (Lipinski definition) is 5. The molecule has 0 fully saturated rings. The molecule has 4 aromatic rings. The highest BCUT2D eigenvalue weighted by atomic mass is 16.2. The molecule has 13 heteroatoms. The normalized spacial score (nSPS) is 10.8. The molecule has 4 amide bonds. The number of nitrogens with two attached hydrogens (primary N) is 2. The number of hydrogen-bond donors (Lipinski definition) is 5. The first-order valence-electron chi connectivity index (χ1n) is 11.1. The van der Waals surface area contributed by atoms with Crippen LogP contribution in [-0.2, 0) is 28.2 Å². The average molecular weight is 506 g/mol. The van der Waals surface area contributed by atoms with Gasteiger partial charge in [0.15, 0.2) is 0 Å². The first-order valence-corrected chi connectivity index (χ1v) is 11.1. The van der Waals surface area contributed by atoms with Gasteiger partial charge in [0.1, 0.15) is 22.8 Å². The molecule has 4 heterocycles. The Kier molecular flexibility index (Phi) is 6.36. The lowest BCUT2D eigenvalue weighted by Gasteiger charge is -2.03. The zero-order valence-electron chi connectivity index (χ0n) is 20.7. The minimum atomic E-state index is -0.611. The van der Waals surface area contributed by atoms with Crippen molar-refractivity contribution in [3.8, 4) is 0 Å². The second-order valence-electron chi connectivity index (χ2n) is 8.67. The first-order chi connectivity index (χ1) is 17.4. The van der Waals surface area contributed by atoms with E-state index in [9.17, 15) is 19.2 Å². The van der Waals surface area contributed by atoms with E-state index in [1.807, 2.05) is 0 Å². The number of primary amides is 1. The van der Waals surface area contributed by atoms with Gasteiger partial charge in [-0.05, 0) is 24.3 Å². The summed E-state index contributed by atoms with van der Waals surface area (Å²) >= 11 is 0. The summed E-state index contributed by atoms with van der Waals surface area (Å²) < 4.78 is 6.26. The summed E-state index contributed by atoms with van der Waals surface area (Å²) in [5.41, 5.74) is 14.0. The molecule has 0 spiro atoms. The molecule has 0 aliphatic carbocycles. The minimum absolute atomic E-state index is 0.251. The van der Waals surface area contributed by atoms with Gasteiger partial charge in [0.2, 0.25) is 0 Å². The number of amides is 4. The fourth-order valence-electron chi connectivity index (χ4n) is 4.00. The maximum absolute atomic E-state index is 12.9. The van der Waals surface area contributed by atoms with Crippen LogP contribution in [0.1, 0.15) is 42.0 Å². The van der Waals surface area contributed by atoms with Gasteiger partial charge in [-0.3, -0.25) is 19.2 Å². The predicted octanol–water partition coefficient (Wildman–Crippen LogP) is 1.48. The molecule has 0 aromatic carbocycles. The van der Waals surface area contributed by atoms with Crippen LogP contribution < -0.4 is 27.4 Å². The van der Waals surface area contributed by atoms with Gasteiger partial charge in [-0.15, -0.1) is 0 Å². The van der Waals surface area contributed by atoms with Crippen molar-refractivity contribution in [2.45, 2.75) is 0 Å². The number of aryl methyl sites for hydroxylation is 4. The second-order valence-corrected chi connectivity index (χ2v) is 8.67. The summed E-state index contributed by atoms with van der Waals surface area (Å²) in [6.45, 7) is 0. The topological polar surface area (TPSA) is 176 Å². The zero-order chi connectivity index (χ0) is 27.0. The number of aromatic nitrogens is 4. The summed E-state index contributed by atoms with van der Waals surface area (Å²) in [4.78, 5) is 49.7. The smallest absolute Gasteiger partial charge is 0.272 e. The fourth-order valence-corrected chi connectivity index (χ4v) is 4.00. The summed E-state index contributed by atoms with van der Waals surface area (Å²) in [6, 6.07) is 6.10. The fraction of sp³-hybridized carbons (Fsp3) is 0.167. The van der Waals surface area contributed by atoms with Gasteiger partial charge in [0.05, 0.1) is 22.7 Å². The van der Waals surface area contributed by atoms with E-state index in [-0.39, 0.29) is 17.3 Å². The van der Waals surface area contributed by atoms with Gasteiger partial charge in [-0.1, -0.05) is 0 Å². The Morgan fingerprint density at radius 1 is 0.568 bits per heavy atom. The molecule has 0 saturated carbocycles. The van der Waals surface area contributed by atoms with Crippen LogP contribution in [0.5, 0.6) is 0 Å². The van der Waals surface area contributed by atoms with Gasteiger partial charge in [0, 0.05) is 53.0 Å². The quantitative estimate of drug-likeness (QED) is 0.255. The Labute approximate surface area is 211 Å². The van der Waals surface area contributed by atoms with Crippen LogP contribution in [0.3, 0.4) is 0 Å². The van der Waals surface area contributed by atoms with Crippen molar-refractivity contribution in [1.82, 2.24) is 18.3 Å². The number of carbonyl (C=O) groups excluding carboxylic acids is 4. The van der Waals surface area contributed by atoms with E-state index in [4.69, 9.17) is 11.5 Å². The largest absolute Gasteiger partial charge is 0.397 e. The van der Waals surface area contributed by atoms with E-state index >= 15 is 0 Å². The van der Waals surface area contributed by atoms with Crippen LogP contribution >= 0.6 is 0 Å². The third-order valence-electron chi connectivity index (χ3n) is 5.76. The van der Waals surface area contributed by atoms with Gasteiger partial charge < -0.3 is 45.7 Å². The molecule has 4 aromatic heterocycles. The van der Waals surface area contributed by atoms with Crippen LogP contribution in [0.15, 0.2) is 49.1 Å². The Balaban J connectivity index is 1.44. The standard InChI is InChI=1S/C24H27N9O4/c1-30-9-13(25)5-18(30)22(35)28-15-7-20(32(3)11-15)24(37)29-16-8-19(33(4)12-16)23(36)27-14-6-17(21(26)34)31(2)10-14/h5-12H,25H2,1-4H3,(H2,26,34)(H,27,36)(H,28,35)(H,29,37). The molecule has 0 atom stereocenters. The van der Waals surface area contributed by atoms with Crippen molar-refractivity contribution < 1.29 is 19.2 Å². The van der Waals surface area contributed by atoms with Crippen LogP contribution in [0.4, 0.5) is 22.7 Å². The molecule has 0 saturated heterocycles. The van der Waals surface area contributed by atoms with Crippen LogP contribution in [-0.4, -0.2) is 41.9 Å². The first kappa shape index (κ1) is 24.9. The lowest BCUT2D eigenvalue weighted by atomic mass is 10.3. The van der Waals surface area contributed by atoms with Crippen molar-refractivity contribution in [3.63, 3.8) is 0 Å². The maximum Gasteiger partial charge on any atom is 0.272 e. The maximum atomic E-state index is 12.9. The van der Waals surface area contributed by atoms with Gasteiger partial charge >= 0.3 is 0 Å². The molecule has 0 aliphatic rings. The molecule has 0 unspecified atom stereocenters. The van der Waals surface area contributed by atoms with Crippen LogP contribution in [0.2, 0.25) is 0 Å². The summed E-state index contributed by atoms with van der Waals surface area (Å²) in [5, 5.41) is 8.22. The van der Waals surface area contributed by atoms with Crippen molar-refractivity contribution in [3.05, 3.63) is 71.8 Å². The highest BCUT2D eigenvalue weighted by molar-refractivity contribution is 6.08. The highest BCUT2D eigenvalue weighted by Gasteiger charge is 2.19. The van der Waals surface area contributed by atoms with E-state index in [0.29, 0.717) is 34.1 Å². The molecule has 37 heavy (non-hydrogen) atoms. The second kappa shape index (κ2) is 9.45. The van der Waals surface area contributed by atoms with E-state index in [1.54, 1.807) is 78.8 Å². The Morgan fingerprint density at radius 2 is 0.892 bits per heavy atom. The molecular formula is C24H27N9O4. The third kappa shape index (κ3) is 5.10. The van der Waals surface area contributed by atoms with E-state index in [1.165, 1.54) is 16.7 Å². The van der Waals surface area contributed by atoms with E-state index in [2.05, 4.69) is 16.0 Å². The van der Waals surface area contributed by atoms with Crippen molar-refractivity contribution in [1.29, 1.82) is 0 Å². The molecular weight excluding hydrogens is 478 g/mol. The van der Waals surface area contributed by atoms with Crippen molar-refractivity contribution in [2.75, 3.05) is 21.7 Å². The number of carbonyl (C=O) groups is 4. The Hall–Kier alpha value is -5.20. The minimum Gasteiger partial charge on any atom is -0.397 e. The van der Waals surface area contributed by atoms with Crippen molar-refractivity contribution >= 4 is 46.4 Å². The molecule has 0 bridgehead atoms. The molecule has 4 rings (SSSR count). The van der Waals surface area contributed by atoms with E-state index < -0.39 is 17.7 Å². The third-order valence-corrected chi connectivity index (χ3v) is 5.76. The van der Waals surface area contributed by atoms with Crippen molar-refractivity contribution in [2.24, 2.45) is 33.9 Å². The van der Waals surface area contributed by atoms with Crippen LogP contribution in [0.25, 0.3) is 0 Å². The molecule has 7 N–H and O–H groups in total. The number of nitrogens with one attached hydrogen (secondary N) is 3.